The summed E-state index contributed by atoms with van der Waals surface area (Å²) in [5, 5.41) is 0. The molecule has 62 valence electrons. The van der Waals surface area contributed by atoms with E-state index in [1.54, 1.807) is 7.11 Å². The van der Waals surface area contributed by atoms with Crippen LogP contribution in [0, 0.1) is 11.8 Å². The lowest BCUT2D eigenvalue weighted by atomic mass is 10.2. The zero-order valence-electron chi connectivity index (χ0n) is 6.80. The third kappa shape index (κ3) is 3.08. The standard InChI is InChI=1S/C10H9BrO/c1-12-7-3-5-9-4-2-6-10(11)8-9/h2,4,6,8H,7H2,1H3. The molecule has 0 radical (unpaired) electrons. The molecular formula is C10H9BrO. The van der Waals surface area contributed by atoms with Crippen molar-refractivity contribution < 1.29 is 4.74 Å². The normalized spacial score (nSPS) is 8.83. The topological polar surface area (TPSA) is 9.23 Å². The molecule has 0 amide bonds. The van der Waals surface area contributed by atoms with Gasteiger partial charge in [-0.05, 0) is 18.2 Å². The zero-order valence-corrected chi connectivity index (χ0v) is 8.39. The predicted octanol–water partition coefficient (Wildman–Crippen LogP) is 2.45. The first-order valence-corrected chi connectivity index (χ1v) is 4.35. The molecule has 0 atom stereocenters. The van der Waals surface area contributed by atoms with Crippen molar-refractivity contribution in [3.8, 4) is 11.8 Å². The first-order valence-electron chi connectivity index (χ1n) is 3.56. The molecule has 0 bridgehead atoms. The van der Waals surface area contributed by atoms with Gasteiger partial charge in [-0.25, -0.2) is 0 Å². The highest BCUT2D eigenvalue weighted by Gasteiger charge is 1.86. The molecule has 1 nitrogen and oxygen atoms in total. The fraction of sp³-hybridized carbons (Fsp3) is 0.200. The lowest BCUT2D eigenvalue weighted by molar-refractivity contribution is 0.240. The molecule has 0 heterocycles. The summed E-state index contributed by atoms with van der Waals surface area (Å²) in [7, 11) is 1.63. The van der Waals surface area contributed by atoms with Crippen molar-refractivity contribution >= 4 is 15.9 Å². The van der Waals surface area contributed by atoms with Crippen molar-refractivity contribution in [2.75, 3.05) is 13.7 Å². The fourth-order valence-corrected chi connectivity index (χ4v) is 1.18. The number of halogens is 1. The largest absolute Gasteiger partial charge is 0.372 e. The Morgan fingerprint density at radius 2 is 2.33 bits per heavy atom. The van der Waals surface area contributed by atoms with Crippen molar-refractivity contribution in [2.45, 2.75) is 0 Å². The second-order valence-electron chi connectivity index (χ2n) is 2.25. The van der Waals surface area contributed by atoms with E-state index < -0.39 is 0 Å². The van der Waals surface area contributed by atoms with Crippen LogP contribution in [0.2, 0.25) is 0 Å². The number of hydrogen-bond acceptors (Lipinski definition) is 1. The summed E-state index contributed by atoms with van der Waals surface area (Å²) in [4.78, 5) is 0. The van der Waals surface area contributed by atoms with Crippen molar-refractivity contribution in [3.63, 3.8) is 0 Å². The van der Waals surface area contributed by atoms with E-state index in [1.165, 1.54) is 0 Å². The van der Waals surface area contributed by atoms with Gasteiger partial charge in [-0.1, -0.05) is 33.8 Å². The molecule has 0 saturated carbocycles. The van der Waals surface area contributed by atoms with Crippen molar-refractivity contribution in [2.24, 2.45) is 0 Å². The molecule has 0 aliphatic rings. The van der Waals surface area contributed by atoms with Crippen molar-refractivity contribution in [1.29, 1.82) is 0 Å². The van der Waals surface area contributed by atoms with Crippen LogP contribution in [0.3, 0.4) is 0 Å². The molecule has 0 unspecified atom stereocenters. The van der Waals surface area contributed by atoms with Gasteiger partial charge in [0.25, 0.3) is 0 Å². The highest BCUT2D eigenvalue weighted by atomic mass is 79.9. The van der Waals surface area contributed by atoms with Gasteiger partial charge in [-0.3, -0.25) is 0 Å². The molecular weight excluding hydrogens is 216 g/mol. The van der Waals surface area contributed by atoms with E-state index in [1.807, 2.05) is 24.3 Å². The Morgan fingerprint density at radius 3 is 3.00 bits per heavy atom. The number of ether oxygens (including phenoxy) is 1. The Hall–Kier alpha value is -0.780. The quantitative estimate of drug-likeness (QED) is 0.667. The van der Waals surface area contributed by atoms with Gasteiger partial charge in [0.2, 0.25) is 0 Å². The van der Waals surface area contributed by atoms with Gasteiger partial charge >= 0.3 is 0 Å². The maximum Gasteiger partial charge on any atom is 0.107 e. The van der Waals surface area contributed by atoms with Gasteiger partial charge in [0.1, 0.15) is 6.61 Å². The lowest BCUT2D eigenvalue weighted by Crippen LogP contribution is -1.81. The van der Waals surface area contributed by atoms with Gasteiger partial charge in [0.05, 0.1) is 0 Å². The average Bonchev–Trinajstić information content (AvgIpc) is 2.05. The Bertz CT molecular complexity index is 309. The molecule has 1 rings (SSSR count). The first-order chi connectivity index (χ1) is 5.83. The van der Waals surface area contributed by atoms with Crippen molar-refractivity contribution in [3.05, 3.63) is 34.3 Å². The Balaban J connectivity index is 2.71. The lowest BCUT2D eigenvalue weighted by Gasteiger charge is -1.90. The van der Waals surface area contributed by atoms with Gasteiger partial charge in [-0.15, -0.1) is 0 Å². The van der Waals surface area contributed by atoms with Crippen LogP contribution in [-0.2, 0) is 4.74 Å². The molecule has 0 saturated heterocycles. The summed E-state index contributed by atoms with van der Waals surface area (Å²) in [6, 6.07) is 7.87. The van der Waals surface area contributed by atoms with E-state index >= 15 is 0 Å². The van der Waals surface area contributed by atoms with Crippen LogP contribution >= 0.6 is 15.9 Å². The Kier molecular flexibility index (Phi) is 3.86. The minimum atomic E-state index is 0.479. The van der Waals surface area contributed by atoms with Crippen LogP contribution in [0.15, 0.2) is 28.7 Å². The summed E-state index contributed by atoms with van der Waals surface area (Å²) >= 11 is 3.37. The molecule has 2 heteroatoms. The second kappa shape index (κ2) is 4.97. The molecule has 0 aromatic heterocycles. The highest BCUT2D eigenvalue weighted by molar-refractivity contribution is 9.10. The monoisotopic (exact) mass is 224 g/mol. The van der Waals surface area contributed by atoms with Crippen LogP contribution < -0.4 is 0 Å². The number of hydrogen-bond donors (Lipinski definition) is 0. The molecule has 0 fully saturated rings. The van der Waals surface area contributed by atoms with Gasteiger partial charge in [0, 0.05) is 17.1 Å². The summed E-state index contributed by atoms with van der Waals surface area (Å²) in [5.74, 6) is 5.87. The first kappa shape index (κ1) is 9.31. The molecule has 0 aliphatic carbocycles. The number of rotatable bonds is 1. The van der Waals surface area contributed by atoms with Crippen LogP contribution in [0.5, 0.6) is 0 Å². The molecule has 1 aromatic rings. The maximum absolute atomic E-state index is 4.81. The maximum atomic E-state index is 4.81. The summed E-state index contributed by atoms with van der Waals surface area (Å²) < 4.78 is 5.86. The van der Waals surface area contributed by atoms with Crippen LogP contribution in [0.4, 0.5) is 0 Å². The Morgan fingerprint density at radius 1 is 1.50 bits per heavy atom. The molecule has 0 N–H and O–H groups in total. The molecule has 0 aliphatic heterocycles. The van der Waals surface area contributed by atoms with Gasteiger partial charge < -0.3 is 4.74 Å². The van der Waals surface area contributed by atoms with Crippen LogP contribution in [0.1, 0.15) is 5.56 Å². The minimum Gasteiger partial charge on any atom is -0.372 e. The number of methoxy groups -OCH3 is 1. The van der Waals surface area contributed by atoms with E-state index in [2.05, 4.69) is 27.8 Å². The van der Waals surface area contributed by atoms with E-state index in [0.717, 1.165) is 10.0 Å². The SMILES string of the molecule is COCC#Cc1cccc(Br)c1. The van der Waals surface area contributed by atoms with Crippen LogP contribution in [0.25, 0.3) is 0 Å². The average molecular weight is 225 g/mol. The smallest absolute Gasteiger partial charge is 0.107 e. The predicted molar refractivity (Wildman–Crippen MR) is 52.9 cm³/mol. The highest BCUT2D eigenvalue weighted by Crippen LogP contribution is 2.10. The van der Waals surface area contributed by atoms with E-state index in [9.17, 15) is 0 Å². The zero-order chi connectivity index (χ0) is 8.81. The summed E-state index contributed by atoms with van der Waals surface area (Å²) in [5.41, 5.74) is 1.00. The fourth-order valence-electron chi connectivity index (χ4n) is 0.777. The molecule has 0 spiro atoms. The minimum absolute atomic E-state index is 0.479. The summed E-state index contributed by atoms with van der Waals surface area (Å²) in [6.45, 7) is 0.479. The Labute approximate surface area is 80.9 Å². The summed E-state index contributed by atoms with van der Waals surface area (Å²) in [6.07, 6.45) is 0. The van der Waals surface area contributed by atoms with E-state index in [-0.39, 0.29) is 0 Å². The van der Waals surface area contributed by atoms with E-state index in [4.69, 9.17) is 4.74 Å². The van der Waals surface area contributed by atoms with Gasteiger partial charge in [-0.2, -0.15) is 0 Å². The molecule has 1 aromatic carbocycles. The van der Waals surface area contributed by atoms with Gasteiger partial charge in [0.15, 0.2) is 0 Å². The number of benzene rings is 1. The van der Waals surface area contributed by atoms with E-state index in [0.29, 0.717) is 6.61 Å². The van der Waals surface area contributed by atoms with Crippen molar-refractivity contribution in [1.82, 2.24) is 0 Å². The van der Waals surface area contributed by atoms with Crippen LogP contribution in [-0.4, -0.2) is 13.7 Å². The third-order valence-corrected chi connectivity index (χ3v) is 1.77. The molecule has 12 heavy (non-hydrogen) atoms. The third-order valence-electron chi connectivity index (χ3n) is 1.27. The second-order valence-corrected chi connectivity index (χ2v) is 3.16.